The molecule has 0 aliphatic heterocycles. The largest absolute Gasteiger partial charge is 0.355 e. The van der Waals surface area contributed by atoms with Crippen LogP contribution < -0.4 is 5.32 Å². The van der Waals surface area contributed by atoms with Gasteiger partial charge in [0.15, 0.2) is 8.68 Å². The summed E-state index contributed by atoms with van der Waals surface area (Å²) < 4.78 is 1.76. The Kier molecular flexibility index (Phi) is 9.22. The van der Waals surface area contributed by atoms with Gasteiger partial charge in [0.05, 0.1) is 16.5 Å². The number of carbonyl (C=O) groups excluding carboxylic acids is 1. The van der Waals surface area contributed by atoms with Crippen LogP contribution in [0.4, 0.5) is 0 Å². The summed E-state index contributed by atoms with van der Waals surface area (Å²) in [5.41, 5.74) is 1.11. The van der Waals surface area contributed by atoms with Crippen LogP contribution in [0.3, 0.4) is 0 Å². The number of rotatable bonds is 11. The molecule has 0 unspecified atom stereocenters. The smallest absolute Gasteiger partial charge is 0.230 e. The molecule has 2 aromatic heterocycles. The Bertz CT molecular complexity index is 656. The molecule has 0 aliphatic carbocycles. The number of aromatic nitrogens is 3. The predicted octanol–water partition coefficient (Wildman–Crippen LogP) is 4.49. The number of carbonyl (C=O) groups is 1. The SMILES string of the molecule is CCCNC(=O)CSc1nnc(SCc2csc(CCC(C)C)n2)s1. The Hall–Kier alpha value is -0.640. The van der Waals surface area contributed by atoms with Crippen molar-refractivity contribution in [2.75, 3.05) is 12.3 Å². The van der Waals surface area contributed by atoms with Crippen LogP contribution in [0.15, 0.2) is 14.1 Å². The summed E-state index contributed by atoms with van der Waals surface area (Å²) in [6, 6.07) is 0. The number of hydrogen-bond acceptors (Lipinski definition) is 8. The molecule has 0 fully saturated rings. The van der Waals surface area contributed by atoms with Gasteiger partial charge in [-0.25, -0.2) is 4.98 Å². The molecule has 25 heavy (non-hydrogen) atoms. The quantitative estimate of drug-likeness (QED) is 0.544. The summed E-state index contributed by atoms with van der Waals surface area (Å²) in [5, 5.41) is 14.6. The monoisotopic (exact) mass is 416 g/mol. The number of thioether (sulfide) groups is 2. The summed E-state index contributed by atoms with van der Waals surface area (Å²) in [5.74, 6) is 1.97. The van der Waals surface area contributed by atoms with Crippen molar-refractivity contribution < 1.29 is 4.79 Å². The number of aryl methyl sites for hydroxylation is 1. The molecule has 2 heterocycles. The van der Waals surface area contributed by atoms with Crippen LogP contribution in [-0.2, 0) is 17.0 Å². The summed E-state index contributed by atoms with van der Waals surface area (Å²) in [6.07, 6.45) is 3.20. The van der Waals surface area contributed by atoms with Crippen LogP contribution in [0.25, 0.3) is 0 Å². The molecular formula is C16H24N4OS4. The Morgan fingerprint density at radius 2 is 2.04 bits per heavy atom. The minimum absolute atomic E-state index is 0.0488. The standard InChI is InChI=1S/C16H24N4OS4/c1-4-7-17-13(21)10-24-16-20-19-15(25-16)23-9-12-8-22-14(18-12)6-5-11(2)3/h8,11H,4-7,9-10H2,1-3H3,(H,17,21). The molecule has 2 aromatic rings. The lowest BCUT2D eigenvalue weighted by Gasteiger charge is -2.00. The molecule has 0 saturated carbocycles. The first kappa shape index (κ1) is 20.7. The van der Waals surface area contributed by atoms with E-state index in [1.807, 2.05) is 6.92 Å². The first-order valence-corrected chi connectivity index (χ1v) is 12.0. The lowest BCUT2D eigenvalue weighted by Crippen LogP contribution is -2.25. The van der Waals surface area contributed by atoms with Gasteiger partial charge in [-0.3, -0.25) is 4.79 Å². The van der Waals surface area contributed by atoms with Crippen molar-refractivity contribution >= 4 is 52.1 Å². The van der Waals surface area contributed by atoms with Crippen molar-refractivity contribution in [1.29, 1.82) is 0 Å². The van der Waals surface area contributed by atoms with Crippen molar-refractivity contribution in [3.63, 3.8) is 0 Å². The Morgan fingerprint density at radius 1 is 1.28 bits per heavy atom. The van der Waals surface area contributed by atoms with Gasteiger partial charge >= 0.3 is 0 Å². The van der Waals surface area contributed by atoms with Crippen LogP contribution in [0.5, 0.6) is 0 Å². The normalized spacial score (nSPS) is 11.2. The molecule has 9 heteroatoms. The van der Waals surface area contributed by atoms with Gasteiger partial charge in [-0.15, -0.1) is 21.5 Å². The van der Waals surface area contributed by atoms with Gasteiger partial charge in [0.2, 0.25) is 5.91 Å². The average molecular weight is 417 g/mol. The van der Waals surface area contributed by atoms with E-state index >= 15 is 0 Å². The maximum Gasteiger partial charge on any atom is 0.230 e. The molecule has 0 atom stereocenters. The van der Waals surface area contributed by atoms with Crippen LogP contribution in [0, 0.1) is 5.92 Å². The second-order valence-corrected chi connectivity index (χ2v) is 10.3. The van der Waals surface area contributed by atoms with Crippen LogP contribution in [-0.4, -0.2) is 33.4 Å². The van der Waals surface area contributed by atoms with E-state index in [1.165, 1.54) is 34.5 Å². The molecule has 0 saturated heterocycles. The first-order valence-electron chi connectivity index (χ1n) is 8.36. The Balaban J connectivity index is 1.73. The topological polar surface area (TPSA) is 67.8 Å². The number of nitrogens with zero attached hydrogens (tertiary/aromatic N) is 3. The number of nitrogens with one attached hydrogen (secondary N) is 1. The second kappa shape index (κ2) is 11.2. The molecule has 1 amide bonds. The Labute approximate surface area is 165 Å². The van der Waals surface area contributed by atoms with E-state index in [9.17, 15) is 4.79 Å². The molecular weight excluding hydrogens is 392 g/mol. The first-order chi connectivity index (χ1) is 12.1. The lowest BCUT2D eigenvalue weighted by molar-refractivity contribution is -0.118. The van der Waals surface area contributed by atoms with Crippen LogP contribution >= 0.6 is 46.2 Å². The summed E-state index contributed by atoms with van der Waals surface area (Å²) in [6.45, 7) is 7.24. The lowest BCUT2D eigenvalue weighted by atomic mass is 10.1. The summed E-state index contributed by atoms with van der Waals surface area (Å²) >= 11 is 6.38. The molecule has 0 spiro atoms. The van der Waals surface area contributed by atoms with Crippen molar-refractivity contribution in [2.24, 2.45) is 5.92 Å². The highest BCUT2D eigenvalue weighted by atomic mass is 32.2. The van der Waals surface area contributed by atoms with E-state index in [1.54, 1.807) is 23.1 Å². The third-order valence-electron chi connectivity index (χ3n) is 3.17. The highest BCUT2D eigenvalue weighted by Gasteiger charge is 2.10. The highest BCUT2D eigenvalue weighted by Crippen LogP contribution is 2.31. The molecule has 5 nitrogen and oxygen atoms in total. The fraction of sp³-hybridized carbons (Fsp3) is 0.625. The maximum absolute atomic E-state index is 11.6. The van der Waals surface area contributed by atoms with E-state index in [2.05, 4.69) is 39.7 Å². The fourth-order valence-electron chi connectivity index (χ4n) is 1.83. The van der Waals surface area contributed by atoms with Crippen molar-refractivity contribution in [3.05, 3.63) is 16.1 Å². The van der Waals surface area contributed by atoms with Crippen molar-refractivity contribution in [1.82, 2.24) is 20.5 Å². The Morgan fingerprint density at radius 3 is 2.76 bits per heavy atom. The number of amides is 1. The zero-order valence-electron chi connectivity index (χ0n) is 14.8. The zero-order valence-corrected chi connectivity index (χ0v) is 18.0. The van der Waals surface area contributed by atoms with E-state index in [0.717, 1.165) is 39.5 Å². The zero-order chi connectivity index (χ0) is 18.1. The molecule has 0 radical (unpaired) electrons. The van der Waals surface area contributed by atoms with Gasteiger partial charge in [0.25, 0.3) is 0 Å². The molecule has 0 bridgehead atoms. The fourth-order valence-corrected chi connectivity index (χ4v) is 5.50. The van der Waals surface area contributed by atoms with E-state index in [-0.39, 0.29) is 5.91 Å². The molecule has 0 aromatic carbocycles. The minimum atomic E-state index is 0.0488. The molecule has 1 N–H and O–H groups in total. The van der Waals surface area contributed by atoms with Crippen molar-refractivity contribution in [3.8, 4) is 0 Å². The maximum atomic E-state index is 11.6. The predicted molar refractivity (Wildman–Crippen MR) is 109 cm³/mol. The van der Waals surface area contributed by atoms with E-state index < -0.39 is 0 Å². The molecule has 0 aliphatic rings. The van der Waals surface area contributed by atoms with Crippen LogP contribution in [0.2, 0.25) is 0 Å². The molecule has 2 rings (SSSR count). The number of hydrogen-bond donors (Lipinski definition) is 1. The minimum Gasteiger partial charge on any atom is -0.355 e. The van der Waals surface area contributed by atoms with E-state index in [0.29, 0.717) is 11.7 Å². The third-order valence-corrected chi connectivity index (χ3v) is 7.35. The van der Waals surface area contributed by atoms with Gasteiger partial charge in [0.1, 0.15) is 0 Å². The van der Waals surface area contributed by atoms with Gasteiger partial charge in [0, 0.05) is 17.7 Å². The average Bonchev–Trinajstić information content (AvgIpc) is 3.23. The third kappa shape index (κ3) is 8.06. The van der Waals surface area contributed by atoms with Crippen molar-refractivity contribution in [2.45, 2.75) is 54.5 Å². The van der Waals surface area contributed by atoms with Crippen LogP contribution in [0.1, 0.15) is 44.3 Å². The summed E-state index contributed by atoms with van der Waals surface area (Å²) in [7, 11) is 0. The second-order valence-electron chi connectivity index (χ2n) is 5.93. The van der Waals surface area contributed by atoms with Gasteiger partial charge in [-0.2, -0.15) is 0 Å². The highest BCUT2D eigenvalue weighted by molar-refractivity contribution is 8.03. The van der Waals surface area contributed by atoms with Gasteiger partial charge in [-0.05, 0) is 25.2 Å². The van der Waals surface area contributed by atoms with Gasteiger partial charge < -0.3 is 5.32 Å². The molecule has 138 valence electrons. The van der Waals surface area contributed by atoms with Gasteiger partial charge in [-0.1, -0.05) is 55.6 Å². The summed E-state index contributed by atoms with van der Waals surface area (Å²) in [4.78, 5) is 16.3. The van der Waals surface area contributed by atoms with E-state index in [4.69, 9.17) is 0 Å². The number of thiazole rings is 1.